The normalized spacial score (nSPS) is 10.7. The summed E-state index contributed by atoms with van der Waals surface area (Å²) in [6.07, 6.45) is 3.92. The molecule has 2 heterocycles. The van der Waals surface area contributed by atoms with Crippen LogP contribution in [0, 0.1) is 13.8 Å². The fraction of sp³-hybridized carbons (Fsp3) is 0.100. The van der Waals surface area contributed by atoms with E-state index in [1.807, 2.05) is 85.4 Å². The molecule has 0 aliphatic rings. The van der Waals surface area contributed by atoms with E-state index in [1.165, 1.54) is 0 Å². The van der Waals surface area contributed by atoms with Crippen LogP contribution in [0.3, 0.4) is 0 Å². The SMILES string of the molecule is Cc1ccc(NC(=O)c2ccc(-n3cccc3)cc2)cc1-n1nnnc1C. The van der Waals surface area contributed by atoms with E-state index in [4.69, 9.17) is 0 Å². The highest BCUT2D eigenvalue weighted by Crippen LogP contribution is 2.20. The third kappa shape index (κ3) is 3.35. The summed E-state index contributed by atoms with van der Waals surface area (Å²) in [5.74, 6) is 0.513. The number of carbonyl (C=O) groups excluding carboxylic acids is 1. The van der Waals surface area contributed by atoms with Crippen molar-refractivity contribution in [3.63, 3.8) is 0 Å². The number of tetrazole rings is 1. The van der Waals surface area contributed by atoms with Gasteiger partial charge in [0.1, 0.15) is 0 Å². The molecule has 0 saturated heterocycles. The minimum atomic E-state index is -0.169. The van der Waals surface area contributed by atoms with E-state index < -0.39 is 0 Å². The lowest BCUT2D eigenvalue weighted by Gasteiger charge is -2.11. The summed E-state index contributed by atoms with van der Waals surface area (Å²) in [4.78, 5) is 12.6. The van der Waals surface area contributed by atoms with Gasteiger partial charge in [0.25, 0.3) is 5.91 Å². The second-order valence-electron chi connectivity index (χ2n) is 6.23. The van der Waals surface area contributed by atoms with Gasteiger partial charge in [-0.05, 0) is 78.4 Å². The highest BCUT2D eigenvalue weighted by atomic mass is 16.1. The second-order valence-corrected chi connectivity index (χ2v) is 6.23. The first-order chi connectivity index (χ1) is 13.1. The van der Waals surface area contributed by atoms with Crippen LogP contribution >= 0.6 is 0 Å². The average Bonchev–Trinajstić information content (AvgIpc) is 3.35. The summed E-state index contributed by atoms with van der Waals surface area (Å²) in [6.45, 7) is 3.80. The molecule has 4 rings (SSSR count). The molecule has 0 radical (unpaired) electrons. The molecule has 134 valence electrons. The van der Waals surface area contributed by atoms with Crippen molar-refractivity contribution in [2.24, 2.45) is 0 Å². The maximum absolute atomic E-state index is 12.6. The first-order valence-electron chi connectivity index (χ1n) is 8.52. The number of aryl methyl sites for hydroxylation is 2. The van der Waals surface area contributed by atoms with Gasteiger partial charge >= 0.3 is 0 Å². The first-order valence-corrected chi connectivity index (χ1v) is 8.52. The minimum Gasteiger partial charge on any atom is -0.324 e. The number of carbonyl (C=O) groups is 1. The quantitative estimate of drug-likeness (QED) is 0.607. The number of hydrogen-bond donors (Lipinski definition) is 1. The molecular formula is C20H18N6O. The van der Waals surface area contributed by atoms with Crippen molar-refractivity contribution in [2.45, 2.75) is 13.8 Å². The largest absolute Gasteiger partial charge is 0.324 e. The monoisotopic (exact) mass is 358 g/mol. The summed E-state index contributed by atoms with van der Waals surface area (Å²) in [5, 5.41) is 14.5. The zero-order valence-corrected chi connectivity index (χ0v) is 15.0. The van der Waals surface area contributed by atoms with Gasteiger partial charge in [0, 0.05) is 29.3 Å². The summed E-state index contributed by atoms with van der Waals surface area (Å²) in [5.41, 5.74) is 4.12. The molecule has 1 amide bonds. The van der Waals surface area contributed by atoms with Crippen LogP contribution in [0.4, 0.5) is 5.69 Å². The van der Waals surface area contributed by atoms with E-state index in [9.17, 15) is 4.79 Å². The number of rotatable bonds is 4. The molecule has 0 aliphatic heterocycles. The number of nitrogens with zero attached hydrogens (tertiary/aromatic N) is 5. The topological polar surface area (TPSA) is 77.6 Å². The van der Waals surface area contributed by atoms with Crippen molar-refractivity contribution >= 4 is 11.6 Å². The molecule has 0 bridgehead atoms. The molecule has 7 heteroatoms. The summed E-state index contributed by atoms with van der Waals surface area (Å²) in [7, 11) is 0. The molecule has 0 aliphatic carbocycles. The Balaban J connectivity index is 1.55. The maximum Gasteiger partial charge on any atom is 0.255 e. The van der Waals surface area contributed by atoms with Gasteiger partial charge in [-0.3, -0.25) is 4.79 Å². The third-order valence-corrected chi connectivity index (χ3v) is 4.35. The van der Waals surface area contributed by atoms with Gasteiger partial charge in [0.15, 0.2) is 5.82 Å². The van der Waals surface area contributed by atoms with Gasteiger partial charge in [-0.2, -0.15) is 4.68 Å². The maximum atomic E-state index is 12.6. The molecule has 27 heavy (non-hydrogen) atoms. The minimum absolute atomic E-state index is 0.169. The highest BCUT2D eigenvalue weighted by molar-refractivity contribution is 6.04. The summed E-state index contributed by atoms with van der Waals surface area (Å²) < 4.78 is 3.64. The molecule has 2 aromatic carbocycles. The van der Waals surface area contributed by atoms with Gasteiger partial charge < -0.3 is 9.88 Å². The van der Waals surface area contributed by atoms with E-state index in [1.54, 1.807) is 4.68 Å². The van der Waals surface area contributed by atoms with Gasteiger partial charge in [-0.1, -0.05) is 6.07 Å². The summed E-state index contributed by atoms with van der Waals surface area (Å²) in [6, 6.07) is 17.0. The zero-order valence-electron chi connectivity index (χ0n) is 15.0. The molecule has 0 saturated carbocycles. The van der Waals surface area contributed by atoms with E-state index in [2.05, 4.69) is 20.8 Å². The van der Waals surface area contributed by atoms with Crippen molar-refractivity contribution in [3.8, 4) is 11.4 Å². The van der Waals surface area contributed by atoms with Gasteiger partial charge in [-0.25, -0.2) is 0 Å². The summed E-state index contributed by atoms with van der Waals surface area (Å²) >= 11 is 0. The van der Waals surface area contributed by atoms with Crippen LogP contribution in [0.25, 0.3) is 11.4 Å². The van der Waals surface area contributed by atoms with Gasteiger partial charge in [-0.15, -0.1) is 5.10 Å². The standard InChI is InChI=1S/C20H18N6O/c1-14-5-8-17(13-19(14)26-15(2)22-23-24-26)21-20(27)16-6-9-18(10-7-16)25-11-3-4-12-25/h3-13H,1-2H3,(H,21,27). The van der Waals surface area contributed by atoms with Crippen LogP contribution in [0.15, 0.2) is 67.0 Å². The third-order valence-electron chi connectivity index (χ3n) is 4.35. The smallest absolute Gasteiger partial charge is 0.255 e. The Morgan fingerprint density at radius 1 is 1.00 bits per heavy atom. The van der Waals surface area contributed by atoms with Crippen LogP contribution in [-0.4, -0.2) is 30.7 Å². The lowest BCUT2D eigenvalue weighted by Crippen LogP contribution is -2.12. The van der Waals surface area contributed by atoms with Crippen LogP contribution in [0.1, 0.15) is 21.7 Å². The second kappa shape index (κ2) is 6.87. The Morgan fingerprint density at radius 3 is 2.41 bits per heavy atom. The fourth-order valence-corrected chi connectivity index (χ4v) is 2.86. The van der Waals surface area contributed by atoms with Crippen molar-refractivity contribution in [1.82, 2.24) is 24.8 Å². The number of aromatic nitrogens is 5. The molecule has 0 fully saturated rings. The first kappa shape index (κ1) is 16.7. The molecule has 0 atom stereocenters. The molecule has 0 unspecified atom stereocenters. The number of anilines is 1. The lowest BCUT2D eigenvalue weighted by atomic mass is 10.1. The zero-order chi connectivity index (χ0) is 18.8. The van der Waals surface area contributed by atoms with E-state index in [-0.39, 0.29) is 5.91 Å². The lowest BCUT2D eigenvalue weighted by molar-refractivity contribution is 0.102. The van der Waals surface area contributed by atoms with Crippen LogP contribution in [0.5, 0.6) is 0 Å². The Morgan fingerprint density at radius 2 is 1.74 bits per heavy atom. The van der Waals surface area contributed by atoms with Crippen LogP contribution in [0.2, 0.25) is 0 Å². The number of benzene rings is 2. The molecular weight excluding hydrogens is 340 g/mol. The van der Waals surface area contributed by atoms with Crippen LogP contribution in [-0.2, 0) is 0 Å². The Kier molecular flexibility index (Phi) is 4.25. The molecule has 1 N–H and O–H groups in total. The van der Waals surface area contributed by atoms with E-state index in [0.29, 0.717) is 17.1 Å². The molecule has 4 aromatic rings. The molecule has 7 nitrogen and oxygen atoms in total. The van der Waals surface area contributed by atoms with E-state index >= 15 is 0 Å². The van der Waals surface area contributed by atoms with Gasteiger partial charge in [0.2, 0.25) is 0 Å². The highest BCUT2D eigenvalue weighted by Gasteiger charge is 2.11. The Hall–Kier alpha value is -3.74. The number of hydrogen-bond acceptors (Lipinski definition) is 4. The van der Waals surface area contributed by atoms with Crippen molar-refractivity contribution in [1.29, 1.82) is 0 Å². The van der Waals surface area contributed by atoms with E-state index in [0.717, 1.165) is 16.9 Å². The Bertz CT molecular complexity index is 1080. The predicted molar refractivity (Wildman–Crippen MR) is 102 cm³/mol. The average molecular weight is 358 g/mol. The van der Waals surface area contributed by atoms with Crippen molar-refractivity contribution in [3.05, 3.63) is 83.9 Å². The van der Waals surface area contributed by atoms with Gasteiger partial charge in [0.05, 0.1) is 5.69 Å². The molecule has 0 spiro atoms. The predicted octanol–water partition coefficient (Wildman–Crippen LogP) is 3.32. The Labute approximate surface area is 156 Å². The molecule has 2 aromatic heterocycles. The van der Waals surface area contributed by atoms with Crippen molar-refractivity contribution in [2.75, 3.05) is 5.32 Å². The van der Waals surface area contributed by atoms with Crippen molar-refractivity contribution < 1.29 is 4.79 Å². The number of amides is 1. The fourth-order valence-electron chi connectivity index (χ4n) is 2.86. The van der Waals surface area contributed by atoms with Crippen LogP contribution < -0.4 is 5.32 Å². The number of nitrogens with one attached hydrogen (secondary N) is 1.